The topological polar surface area (TPSA) is 60.4 Å². The maximum atomic E-state index is 9.91. The molecule has 3 heteroatoms. The van der Waals surface area contributed by atoms with Gasteiger partial charge in [0.25, 0.3) is 0 Å². The van der Waals surface area contributed by atoms with Crippen LogP contribution in [-0.2, 0) is 4.79 Å². The first-order chi connectivity index (χ1) is 3.75. The minimum Gasteiger partial charge on any atom is -0.550 e. The summed E-state index contributed by atoms with van der Waals surface area (Å²) in [5.41, 5.74) is 0. The first kappa shape index (κ1) is 5.56. The van der Waals surface area contributed by atoms with Crippen LogP contribution in [0.3, 0.4) is 0 Å². The molecule has 1 rings (SSSR count). The minimum atomic E-state index is -1.02. The van der Waals surface area contributed by atoms with E-state index in [1.165, 1.54) is 0 Å². The molecular formula is C5H7O3-. The zero-order chi connectivity index (χ0) is 6.15. The molecule has 0 spiro atoms. The molecule has 0 bridgehead atoms. The fourth-order valence-corrected chi connectivity index (χ4v) is 0.738. The predicted octanol–water partition coefficient (Wildman–Crippen LogP) is -1.64. The van der Waals surface area contributed by atoms with E-state index in [0.29, 0.717) is 6.42 Å². The second kappa shape index (κ2) is 1.74. The maximum Gasteiger partial charge on any atom is 0.0465 e. The van der Waals surface area contributed by atoms with Gasteiger partial charge in [-0.3, -0.25) is 0 Å². The number of carbonyl (C=O) groups excluding carboxylic acids is 1. The number of carboxylic acids is 1. The highest BCUT2D eigenvalue weighted by Crippen LogP contribution is 2.36. The third-order valence-corrected chi connectivity index (χ3v) is 1.46. The van der Waals surface area contributed by atoms with Gasteiger partial charge in [-0.25, -0.2) is 0 Å². The van der Waals surface area contributed by atoms with Crippen molar-refractivity contribution in [3.63, 3.8) is 0 Å². The molecule has 2 unspecified atom stereocenters. The van der Waals surface area contributed by atoms with Crippen LogP contribution >= 0.6 is 0 Å². The van der Waals surface area contributed by atoms with Crippen molar-refractivity contribution in [1.29, 1.82) is 0 Å². The van der Waals surface area contributed by atoms with E-state index in [1.54, 1.807) is 0 Å². The Labute approximate surface area is 46.9 Å². The summed E-state index contributed by atoms with van der Waals surface area (Å²) in [6.45, 7) is -0.0152. The highest BCUT2D eigenvalue weighted by Gasteiger charge is 2.37. The van der Waals surface area contributed by atoms with Crippen LogP contribution in [0.5, 0.6) is 0 Å². The molecule has 1 aliphatic carbocycles. The van der Waals surface area contributed by atoms with Gasteiger partial charge >= 0.3 is 0 Å². The van der Waals surface area contributed by atoms with Crippen LogP contribution in [0, 0.1) is 11.8 Å². The highest BCUT2D eigenvalue weighted by atomic mass is 16.4. The third-order valence-electron chi connectivity index (χ3n) is 1.46. The lowest BCUT2D eigenvalue weighted by Crippen LogP contribution is -2.25. The Bertz CT molecular complexity index is 110. The van der Waals surface area contributed by atoms with Crippen LogP contribution in [-0.4, -0.2) is 17.7 Å². The Hall–Kier alpha value is -0.570. The van der Waals surface area contributed by atoms with Crippen LogP contribution in [0.2, 0.25) is 0 Å². The predicted molar refractivity (Wildman–Crippen MR) is 23.7 cm³/mol. The average Bonchev–Trinajstić information content (AvgIpc) is 2.42. The van der Waals surface area contributed by atoms with Crippen molar-refractivity contribution >= 4 is 5.97 Å². The highest BCUT2D eigenvalue weighted by molar-refractivity contribution is 5.71. The SMILES string of the molecule is O=C([O-])C1CC1CO. The van der Waals surface area contributed by atoms with Gasteiger partial charge < -0.3 is 15.0 Å². The van der Waals surface area contributed by atoms with Crippen LogP contribution in [0.25, 0.3) is 0 Å². The summed E-state index contributed by atoms with van der Waals surface area (Å²) in [6, 6.07) is 0. The first-order valence-electron chi connectivity index (χ1n) is 2.57. The number of aliphatic hydroxyl groups is 1. The maximum absolute atomic E-state index is 9.91. The van der Waals surface area contributed by atoms with E-state index in [-0.39, 0.29) is 18.4 Å². The Morgan fingerprint density at radius 2 is 2.50 bits per heavy atom. The number of carboxylic acid groups (broad SMARTS) is 1. The Morgan fingerprint density at radius 1 is 1.88 bits per heavy atom. The number of rotatable bonds is 2. The summed E-state index contributed by atoms with van der Waals surface area (Å²) in [4.78, 5) is 9.91. The molecule has 1 aliphatic rings. The lowest BCUT2D eigenvalue weighted by atomic mass is 10.3. The molecule has 1 N–H and O–H groups in total. The molecule has 0 aromatic rings. The molecule has 46 valence electrons. The molecule has 1 fully saturated rings. The molecule has 8 heavy (non-hydrogen) atoms. The second-order valence-electron chi connectivity index (χ2n) is 2.10. The number of aliphatic carboxylic acids is 1. The quantitative estimate of drug-likeness (QED) is 0.469. The number of aliphatic hydroxyl groups excluding tert-OH is 1. The Balaban J connectivity index is 2.26. The van der Waals surface area contributed by atoms with Crippen LogP contribution in [0.15, 0.2) is 0 Å². The minimum absolute atomic E-state index is 0.0139. The van der Waals surface area contributed by atoms with Gasteiger partial charge in [-0.2, -0.15) is 0 Å². The van der Waals surface area contributed by atoms with E-state index in [1.807, 2.05) is 0 Å². The molecule has 0 aromatic heterocycles. The van der Waals surface area contributed by atoms with Crippen molar-refractivity contribution < 1.29 is 15.0 Å². The Morgan fingerprint density at radius 3 is 2.62 bits per heavy atom. The van der Waals surface area contributed by atoms with Crippen molar-refractivity contribution in [1.82, 2.24) is 0 Å². The molecule has 0 radical (unpaired) electrons. The van der Waals surface area contributed by atoms with Crippen molar-refractivity contribution in [2.45, 2.75) is 6.42 Å². The monoisotopic (exact) mass is 115 g/mol. The lowest BCUT2D eigenvalue weighted by Gasteiger charge is -1.95. The molecule has 0 saturated heterocycles. The Kier molecular flexibility index (Phi) is 1.21. The van der Waals surface area contributed by atoms with Crippen molar-refractivity contribution in [3.8, 4) is 0 Å². The van der Waals surface area contributed by atoms with Gasteiger partial charge in [0.05, 0.1) is 0 Å². The van der Waals surface area contributed by atoms with Gasteiger partial charge in [-0.1, -0.05) is 0 Å². The van der Waals surface area contributed by atoms with Crippen molar-refractivity contribution in [3.05, 3.63) is 0 Å². The first-order valence-corrected chi connectivity index (χ1v) is 2.57. The number of hydrogen-bond acceptors (Lipinski definition) is 3. The van der Waals surface area contributed by atoms with E-state index >= 15 is 0 Å². The van der Waals surface area contributed by atoms with Gasteiger partial charge in [0.2, 0.25) is 0 Å². The second-order valence-corrected chi connectivity index (χ2v) is 2.10. The van der Waals surface area contributed by atoms with E-state index in [2.05, 4.69) is 0 Å². The summed E-state index contributed by atoms with van der Waals surface area (Å²) in [5, 5.41) is 18.2. The van der Waals surface area contributed by atoms with Gasteiger partial charge in [0, 0.05) is 18.5 Å². The van der Waals surface area contributed by atoms with Gasteiger partial charge in [0.15, 0.2) is 0 Å². The van der Waals surface area contributed by atoms with Gasteiger partial charge in [-0.15, -0.1) is 0 Å². The summed E-state index contributed by atoms with van der Waals surface area (Å²) < 4.78 is 0. The van der Waals surface area contributed by atoms with Crippen LogP contribution in [0.1, 0.15) is 6.42 Å². The van der Waals surface area contributed by atoms with Gasteiger partial charge in [0.1, 0.15) is 0 Å². The molecule has 2 atom stereocenters. The molecular weight excluding hydrogens is 108 g/mol. The smallest absolute Gasteiger partial charge is 0.0465 e. The molecule has 0 aliphatic heterocycles. The summed E-state index contributed by atoms with van der Waals surface area (Å²) in [7, 11) is 0. The zero-order valence-electron chi connectivity index (χ0n) is 4.33. The standard InChI is InChI=1S/C5H8O3/c6-2-3-1-4(3)5(7)8/h3-4,6H,1-2H2,(H,7,8)/p-1. The summed E-state index contributed by atoms with van der Waals surface area (Å²) in [5.74, 6) is -1.40. The van der Waals surface area contributed by atoms with Crippen molar-refractivity contribution in [2.24, 2.45) is 11.8 Å². The summed E-state index contributed by atoms with van der Waals surface area (Å²) >= 11 is 0. The third kappa shape index (κ3) is 0.816. The zero-order valence-corrected chi connectivity index (χ0v) is 4.33. The molecule has 0 heterocycles. The fourth-order valence-electron chi connectivity index (χ4n) is 0.738. The van der Waals surface area contributed by atoms with E-state index < -0.39 is 5.97 Å². The van der Waals surface area contributed by atoms with Gasteiger partial charge in [-0.05, 0) is 12.3 Å². The summed E-state index contributed by atoms with van der Waals surface area (Å²) in [6.07, 6.45) is 0.596. The number of hydrogen-bond donors (Lipinski definition) is 1. The molecule has 1 saturated carbocycles. The van der Waals surface area contributed by atoms with E-state index in [9.17, 15) is 9.90 Å². The molecule has 0 aromatic carbocycles. The number of carbonyl (C=O) groups is 1. The average molecular weight is 115 g/mol. The van der Waals surface area contributed by atoms with E-state index in [0.717, 1.165) is 0 Å². The largest absolute Gasteiger partial charge is 0.550 e. The molecule has 3 nitrogen and oxygen atoms in total. The fraction of sp³-hybridized carbons (Fsp3) is 0.800. The van der Waals surface area contributed by atoms with Crippen LogP contribution in [0.4, 0.5) is 0 Å². The molecule has 0 amide bonds. The van der Waals surface area contributed by atoms with Crippen LogP contribution < -0.4 is 5.11 Å². The lowest BCUT2D eigenvalue weighted by molar-refractivity contribution is -0.308. The van der Waals surface area contributed by atoms with Crippen molar-refractivity contribution in [2.75, 3.05) is 6.61 Å². The normalized spacial score (nSPS) is 34.6. The van der Waals surface area contributed by atoms with E-state index in [4.69, 9.17) is 5.11 Å².